The van der Waals surface area contributed by atoms with Crippen LogP contribution in [0.1, 0.15) is 39.5 Å². The first kappa shape index (κ1) is 11.9. The summed E-state index contributed by atoms with van der Waals surface area (Å²) in [5, 5.41) is 0. The monoisotopic (exact) mass is 226 g/mol. The van der Waals surface area contributed by atoms with Crippen LogP contribution in [-0.4, -0.2) is 41.6 Å². The molecule has 2 aliphatic rings. The topological polar surface area (TPSA) is 55.6 Å². The Kier molecular flexibility index (Phi) is 3.50. The average Bonchev–Trinajstić information content (AvgIpc) is 2.43. The highest BCUT2D eigenvalue weighted by Crippen LogP contribution is 2.34. The molecule has 0 aromatic rings. The van der Waals surface area contributed by atoms with Crippen molar-refractivity contribution < 1.29 is 9.53 Å². The summed E-state index contributed by atoms with van der Waals surface area (Å²) in [5.41, 5.74) is 5.99. The van der Waals surface area contributed by atoms with E-state index >= 15 is 0 Å². The van der Waals surface area contributed by atoms with Crippen molar-refractivity contribution in [3.05, 3.63) is 0 Å². The molecule has 16 heavy (non-hydrogen) atoms. The molecule has 2 aliphatic heterocycles. The average molecular weight is 226 g/mol. The van der Waals surface area contributed by atoms with Crippen LogP contribution in [0.5, 0.6) is 0 Å². The molecule has 2 N–H and O–H groups in total. The fraction of sp³-hybridized carbons (Fsp3) is 0.917. The van der Waals surface area contributed by atoms with Crippen molar-refractivity contribution in [2.75, 3.05) is 6.54 Å². The summed E-state index contributed by atoms with van der Waals surface area (Å²) in [6.45, 7) is 4.22. The van der Waals surface area contributed by atoms with Crippen LogP contribution in [-0.2, 0) is 9.53 Å². The Morgan fingerprint density at radius 3 is 2.44 bits per heavy atom. The summed E-state index contributed by atoms with van der Waals surface area (Å²) in [5.74, 6) is -0.0950. The van der Waals surface area contributed by atoms with Gasteiger partial charge in [-0.25, -0.2) is 0 Å². The molecule has 0 saturated carbocycles. The number of carbonyl (C=O) groups excluding carboxylic acids is 1. The summed E-state index contributed by atoms with van der Waals surface area (Å²) in [6.07, 6.45) is 4.43. The molecule has 4 nitrogen and oxygen atoms in total. The molecule has 2 rings (SSSR count). The number of piperidine rings is 1. The van der Waals surface area contributed by atoms with Crippen LogP contribution in [0, 0.1) is 0 Å². The van der Waals surface area contributed by atoms with Crippen LogP contribution in [0.2, 0.25) is 0 Å². The van der Waals surface area contributed by atoms with Crippen molar-refractivity contribution in [3.63, 3.8) is 0 Å². The maximum absolute atomic E-state index is 11.6. The smallest absolute Gasteiger partial charge is 0.320 e. The lowest BCUT2D eigenvalue weighted by molar-refractivity contribution is -0.150. The number of fused-ring (bicyclic) bond motifs is 2. The predicted molar refractivity (Wildman–Crippen MR) is 62.0 cm³/mol. The second-order valence-electron chi connectivity index (χ2n) is 5.33. The number of hydrogen-bond acceptors (Lipinski definition) is 4. The van der Waals surface area contributed by atoms with E-state index in [1.807, 2.05) is 13.8 Å². The molecule has 2 saturated heterocycles. The first-order chi connectivity index (χ1) is 7.56. The molecule has 2 unspecified atom stereocenters. The fourth-order valence-corrected chi connectivity index (χ4v) is 3.02. The SMILES string of the molecule is CC(C)OC(=O)CN1C2CCC1CC(N)C2. The Labute approximate surface area is 97.1 Å². The molecule has 2 fully saturated rings. The van der Waals surface area contributed by atoms with Gasteiger partial charge in [-0.2, -0.15) is 0 Å². The number of rotatable bonds is 3. The van der Waals surface area contributed by atoms with Crippen LogP contribution in [0.15, 0.2) is 0 Å². The molecule has 2 bridgehead atoms. The summed E-state index contributed by atoms with van der Waals surface area (Å²) < 4.78 is 5.19. The summed E-state index contributed by atoms with van der Waals surface area (Å²) in [4.78, 5) is 13.9. The van der Waals surface area contributed by atoms with Gasteiger partial charge >= 0.3 is 5.97 Å². The van der Waals surface area contributed by atoms with Crippen molar-refractivity contribution in [1.82, 2.24) is 4.90 Å². The molecular formula is C12H22N2O2. The van der Waals surface area contributed by atoms with Crippen molar-refractivity contribution in [3.8, 4) is 0 Å². The van der Waals surface area contributed by atoms with Gasteiger partial charge in [0.2, 0.25) is 0 Å². The van der Waals surface area contributed by atoms with Gasteiger partial charge in [0.1, 0.15) is 0 Å². The van der Waals surface area contributed by atoms with Gasteiger partial charge < -0.3 is 10.5 Å². The summed E-state index contributed by atoms with van der Waals surface area (Å²) in [6, 6.07) is 1.34. The molecule has 2 heterocycles. The Morgan fingerprint density at radius 1 is 1.38 bits per heavy atom. The lowest BCUT2D eigenvalue weighted by Gasteiger charge is -2.36. The van der Waals surface area contributed by atoms with Crippen LogP contribution in [0.4, 0.5) is 0 Å². The maximum atomic E-state index is 11.6. The molecule has 0 aromatic heterocycles. The van der Waals surface area contributed by atoms with E-state index in [1.54, 1.807) is 0 Å². The molecule has 0 aliphatic carbocycles. The standard InChI is InChI=1S/C12H22N2O2/c1-8(2)16-12(15)7-14-10-3-4-11(14)6-9(13)5-10/h8-11H,3-7,13H2,1-2H3. The van der Waals surface area contributed by atoms with Gasteiger partial charge in [-0.1, -0.05) is 0 Å². The number of nitrogens with zero attached hydrogens (tertiary/aromatic N) is 1. The van der Waals surface area contributed by atoms with E-state index in [4.69, 9.17) is 10.5 Å². The minimum absolute atomic E-state index is 0.0165. The van der Waals surface area contributed by atoms with E-state index in [2.05, 4.69) is 4.90 Å². The van der Waals surface area contributed by atoms with Gasteiger partial charge in [-0.15, -0.1) is 0 Å². The quantitative estimate of drug-likeness (QED) is 0.726. The molecule has 2 atom stereocenters. The molecule has 0 spiro atoms. The Balaban J connectivity index is 1.89. The Morgan fingerprint density at radius 2 is 1.94 bits per heavy atom. The van der Waals surface area contributed by atoms with Crippen molar-refractivity contribution >= 4 is 5.97 Å². The van der Waals surface area contributed by atoms with Crippen LogP contribution < -0.4 is 5.73 Å². The van der Waals surface area contributed by atoms with E-state index < -0.39 is 0 Å². The highest BCUT2D eigenvalue weighted by molar-refractivity contribution is 5.72. The van der Waals surface area contributed by atoms with Crippen LogP contribution >= 0.6 is 0 Å². The third-order valence-corrected chi connectivity index (χ3v) is 3.60. The third-order valence-electron chi connectivity index (χ3n) is 3.60. The second-order valence-corrected chi connectivity index (χ2v) is 5.33. The molecule has 0 aromatic carbocycles. The maximum Gasteiger partial charge on any atom is 0.320 e. The van der Waals surface area contributed by atoms with Crippen molar-refractivity contribution in [1.29, 1.82) is 0 Å². The zero-order chi connectivity index (χ0) is 11.7. The summed E-state index contributed by atoms with van der Waals surface area (Å²) in [7, 11) is 0. The number of ether oxygens (including phenoxy) is 1. The summed E-state index contributed by atoms with van der Waals surface area (Å²) >= 11 is 0. The van der Waals surface area contributed by atoms with E-state index in [0.29, 0.717) is 24.7 Å². The van der Waals surface area contributed by atoms with E-state index in [1.165, 1.54) is 12.8 Å². The van der Waals surface area contributed by atoms with Gasteiger partial charge in [0.25, 0.3) is 0 Å². The highest BCUT2D eigenvalue weighted by atomic mass is 16.5. The normalized spacial score (nSPS) is 34.4. The minimum atomic E-state index is -0.0950. The molecular weight excluding hydrogens is 204 g/mol. The molecule has 0 amide bonds. The van der Waals surface area contributed by atoms with Gasteiger partial charge in [0.15, 0.2) is 0 Å². The largest absolute Gasteiger partial charge is 0.462 e. The predicted octanol–water partition coefficient (Wildman–Crippen LogP) is 0.892. The first-order valence-electron chi connectivity index (χ1n) is 6.27. The number of esters is 1. The third kappa shape index (κ3) is 2.55. The number of nitrogens with two attached hydrogens (primary N) is 1. The fourth-order valence-electron chi connectivity index (χ4n) is 3.02. The minimum Gasteiger partial charge on any atom is -0.462 e. The van der Waals surface area contributed by atoms with Crippen LogP contribution in [0.25, 0.3) is 0 Å². The van der Waals surface area contributed by atoms with E-state index in [9.17, 15) is 4.79 Å². The zero-order valence-corrected chi connectivity index (χ0v) is 10.2. The lowest BCUT2D eigenvalue weighted by atomic mass is 9.98. The molecule has 0 radical (unpaired) electrons. The van der Waals surface area contributed by atoms with Crippen molar-refractivity contribution in [2.24, 2.45) is 5.73 Å². The Bertz CT molecular complexity index is 254. The van der Waals surface area contributed by atoms with E-state index in [0.717, 1.165) is 12.8 Å². The zero-order valence-electron chi connectivity index (χ0n) is 10.2. The van der Waals surface area contributed by atoms with Crippen molar-refractivity contribution in [2.45, 2.75) is 63.8 Å². The Hall–Kier alpha value is -0.610. The molecule has 92 valence electrons. The van der Waals surface area contributed by atoms with E-state index in [-0.39, 0.29) is 12.1 Å². The second kappa shape index (κ2) is 4.72. The molecule has 4 heteroatoms. The lowest BCUT2D eigenvalue weighted by Crippen LogP contribution is -2.49. The first-order valence-corrected chi connectivity index (χ1v) is 6.27. The van der Waals surface area contributed by atoms with Gasteiger partial charge in [-0.3, -0.25) is 9.69 Å². The number of carbonyl (C=O) groups is 1. The number of hydrogen-bond donors (Lipinski definition) is 1. The highest BCUT2D eigenvalue weighted by Gasteiger charge is 2.40. The van der Waals surface area contributed by atoms with Gasteiger partial charge in [0, 0.05) is 18.1 Å². The van der Waals surface area contributed by atoms with Crippen LogP contribution in [0.3, 0.4) is 0 Å². The van der Waals surface area contributed by atoms with Gasteiger partial charge in [-0.05, 0) is 39.5 Å². The van der Waals surface area contributed by atoms with Gasteiger partial charge in [0.05, 0.1) is 12.6 Å².